The van der Waals surface area contributed by atoms with Crippen LogP contribution in [0.3, 0.4) is 0 Å². The van der Waals surface area contributed by atoms with Gasteiger partial charge < -0.3 is 4.74 Å². The first kappa shape index (κ1) is 19.2. The third kappa shape index (κ3) is 6.33. The van der Waals surface area contributed by atoms with Crippen molar-refractivity contribution < 1.29 is 4.74 Å². The Hall–Kier alpha value is -0.160. The van der Waals surface area contributed by atoms with Gasteiger partial charge in [0, 0.05) is 45.8 Å². The average Bonchev–Trinajstić information content (AvgIpc) is 2.46. The lowest BCUT2D eigenvalue weighted by Crippen LogP contribution is -2.56. The van der Waals surface area contributed by atoms with E-state index in [0.717, 1.165) is 19.1 Å². The van der Waals surface area contributed by atoms with Crippen LogP contribution >= 0.6 is 0 Å². The molecular formula is C19H39N3O. The fraction of sp³-hybridized carbons (Fsp3) is 1.00. The fourth-order valence-electron chi connectivity index (χ4n) is 3.74. The molecule has 0 saturated carbocycles. The van der Waals surface area contributed by atoms with E-state index in [1.165, 1.54) is 52.1 Å². The van der Waals surface area contributed by atoms with Gasteiger partial charge in [0.1, 0.15) is 0 Å². The van der Waals surface area contributed by atoms with E-state index in [2.05, 4.69) is 56.5 Å². The van der Waals surface area contributed by atoms with Crippen molar-refractivity contribution in [3.05, 3.63) is 0 Å². The van der Waals surface area contributed by atoms with E-state index in [1.54, 1.807) is 0 Å². The molecule has 0 spiro atoms. The van der Waals surface area contributed by atoms with E-state index >= 15 is 0 Å². The number of rotatable bonds is 4. The molecule has 4 nitrogen and oxygen atoms in total. The molecule has 0 radical (unpaired) electrons. The quantitative estimate of drug-likeness (QED) is 0.790. The molecule has 2 aliphatic heterocycles. The molecule has 0 amide bonds. The topological polar surface area (TPSA) is 19.0 Å². The Balaban J connectivity index is 1.65. The summed E-state index contributed by atoms with van der Waals surface area (Å²) in [6, 6.07) is 0. The maximum Gasteiger partial charge on any atom is 0.0600 e. The minimum atomic E-state index is -0.0147. The standard InChI is InChI=1S/C19H39N3O/c1-18(2,3)17-7-9-21(10-8-17)22-13-11-20(12-14-22)15-16-23-19(4,5)6/h17H,7-16H2,1-6H3. The van der Waals surface area contributed by atoms with Gasteiger partial charge in [-0.15, -0.1) is 0 Å². The molecule has 0 unspecified atom stereocenters. The minimum Gasteiger partial charge on any atom is -0.375 e. The molecule has 2 aliphatic rings. The Kier molecular flexibility index (Phi) is 6.51. The van der Waals surface area contributed by atoms with Gasteiger partial charge in [-0.2, -0.15) is 0 Å². The Labute approximate surface area is 144 Å². The summed E-state index contributed by atoms with van der Waals surface area (Å²) in [4.78, 5) is 2.55. The molecule has 0 atom stereocenters. The molecular weight excluding hydrogens is 286 g/mol. The molecule has 2 saturated heterocycles. The number of hydrazine groups is 1. The lowest BCUT2D eigenvalue weighted by molar-refractivity contribution is -0.0885. The lowest BCUT2D eigenvalue weighted by Gasteiger charge is -2.46. The fourth-order valence-corrected chi connectivity index (χ4v) is 3.74. The molecule has 0 aromatic carbocycles. The van der Waals surface area contributed by atoms with Crippen molar-refractivity contribution in [1.82, 2.24) is 14.9 Å². The van der Waals surface area contributed by atoms with Crippen molar-refractivity contribution in [2.24, 2.45) is 11.3 Å². The van der Waals surface area contributed by atoms with E-state index in [0.29, 0.717) is 5.41 Å². The number of piperazine rings is 1. The molecule has 0 aromatic heterocycles. The summed E-state index contributed by atoms with van der Waals surface area (Å²) in [5.74, 6) is 0.884. The largest absolute Gasteiger partial charge is 0.375 e. The van der Waals surface area contributed by atoms with Crippen LogP contribution in [0, 0.1) is 11.3 Å². The highest BCUT2D eigenvalue weighted by atomic mass is 16.5. The number of piperidine rings is 1. The highest BCUT2D eigenvalue weighted by molar-refractivity contribution is 4.81. The summed E-state index contributed by atoms with van der Waals surface area (Å²) < 4.78 is 5.85. The van der Waals surface area contributed by atoms with Crippen LogP contribution in [-0.2, 0) is 4.74 Å². The number of hydrogen-bond donors (Lipinski definition) is 0. The summed E-state index contributed by atoms with van der Waals surface area (Å²) >= 11 is 0. The first-order valence-corrected chi connectivity index (χ1v) is 9.51. The Morgan fingerprint density at radius 2 is 1.30 bits per heavy atom. The van der Waals surface area contributed by atoms with Gasteiger partial charge in [-0.05, 0) is 44.9 Å². The molecule has 4 heteroatoms. The average molecular weight is 326 g/mol. The van der Waals surface area contributed by atoms with Crippen LogP contribution in [-0.4, -0.2) is 72.9 Å². The molecule has 2 heterocycles. The summed E-state index contributed by atoms with van der Waals surface area (Å²) in [5, 5.41) is 5.21. The molecule has 2 rings (SSSR count). The molecule has 23 heavy (non-hydrogen) atoms. The normalized spacial score (nSPS) is 24.3. The first-order valence-electron chi connectivity index (χ1n) is 9.51. The van der Waals surface area contributed by atoms with E-state index in [4.69, 9.17) is 4.74 Å². The maximum atomic E-state index is 5.85. The molecule has 0 bridgehead atoms. The zero-order valence-corrected chi connectivity index (χ0v) is 16.4. The van der Waals surface area contributed by atoms with Gasteiger partial charge in [-0.3, -0.25) is 4.90 Å². The second kappa shape index (κ2) is 7.81. The zero-order valence-electron chi connectivity index (χ0n) is 16.4. The first-order chi connectivity index (χ1) is 10.6. The van der Waals surface area contributed by atoms with Crippen molar-refractivity contribution in [2.75, 3.05) is 52.4 Å². The molecule has 136 valence electrons. The van der Waals surface area contributed by atoms with E-state index in [9.17, 15) is 0 Å². The number of hydrogen-bond acceptors (Lipinski definition) is 4. The number of nitrogens with zero attached hydrogens (tertiary/aromatic N) is 3. The van der Waals surface area contributed by atoms with E-state index < -0.39 is 0 Å². The van der Waals surface area contributed by atoms with Crippen molar-refractivity contribution >= 4 is 0 Å². The van der Waals surface area contributed by atoms with E-state index in [1.807, 2.05) is 0 Å². The van der Waals surface area contributed by atoms with Crippen molar-refractivity contribution in [2.45, 2.75) is 60.0 Å². The summed E-state index contributed by atoms with van der Waals surface area (Å²) in [6.07, 6.45) is 2.70. The van der Waals surface area contributed by atoms with E-state index in [-0.39, 0.29) is 5.60 Å². The summed E-state index contributed by atoms with van der Waals surface area (Å²) in [6.45, 7) is 22.7. The Morgan fingerprint density at radius 1 is 0.783 bits per heavy atom. The highest BCUT2D eigenvalue weighted by Gasteiger charge is 2.31. The van der Waals surface area contributed by atoms with Crippen LogP contribution in [0.1, 0.15) is 54.4 Å². The van der Waals surface area contributed by atoms with Gasteiger partial charge in [0.15, 0.2) is 0 Å². The molecule has 2 fully saturated rings. The third-order valence-electron chi connectivity index (χ3n) is 5.39. The molecule has 0 N–H and O–H groups in total. The second-order valence-corrected chi connectivity index (χ2v) is 9.35. The van der Waals surface area contributed by atoms with Gasteiger partial charge >= 0.3 is 0 Å². The predicted octanol–water partition coefficient (Wildman–Crippen LogP) is 3.09. The third-order valence-corrected chi connectivity index (χ3v) is 5.39. The van der Waals surface area contributed by atoms with Crippen LogP contribution in [0.15, 0.2) is 0 Å². The van der Waals surface area contributed by atoms with Gasteiger partial charge in [0.05, 0.1) is 12.2 Å². The Bertz CT molecular complexity index is 343. The van der Waals surface area contributed by atoms with Gasteiger partial charge in [0.2, 0.25) is 0 Å². The van der Waals surface area contributed by atoms with Crippen LogP contribution in [0.25, 0.3) is 0 Å². The van der Waals surface area contributed by atoms with Crippen molar-refractivity contribution in [3.8, 4) is 0 Å². The van der Waals surface area contributed by atoms with Crippen LogP contribution in [0.2, 0.25) is 0 Å². The smallest absolute Gasteiger partial charge is 0.0600 e. The Morgan fingerprint density at radius 3 is 1.78 bits per heavy atom. The lowest BCUT2D eigenvalue weighted by atomic mass is 9.75. The van der Waals surface area contributed by atoms with Crippen LogP contribution < -0.4 is 0 Å². The van der Waals surface area contributed by atoms with Gasteiger partial charge in [0.25, 0.3) is 0 Å². The molecule has 0 aromatic rings. The second-order valence-electron chi connectivity index (χ2n) is 9.35. The predicted molar refractivity (Wildman–Crippen MR) is 97.5 cm³/mol. The minimum absolute atomic E-state index is 0.0147. The van der Waals surface area contributed by atoms with Crippen molar-refractivity contribution in [3.63, 3.8) is 0 Å². The maximum absolute atomic E-state index is 5.85. The monoisotopic (exact) mass is 325 g/mol. The van der Waals surface area contributed by atoms with Gasteiger partial charge in [-0.1, -0.05) is 20.8 Å². The van der Waals surface area contributed by atoms with Crippen LogP contribution in [0.5, 0.6) is 0 Å². The SMILES string of the molecule is CC(C)(C)OCCN1CCN(N2CCC(C(C)(C)C)CC2)CC1. The van der Waals surface area contributed by atoms with Crippen LogP contribution in [0.4, 0.5) is 0 Å². The molecule has 0 aliphatic carbocycles. The van der Waals surface area contributed by atoms with Gasteiger partial charge in [-0.25, -0.2) is 10.0 Å². The summed E-state index contributed by atoms with van der Waals surface area (Å²) in [7, 11) is 0. The highest BCUT2D eigenvalue weighted by Crippen LogP contribution is 2.34. The summed E-state index contributed by atoms with van der Waals surface area (Å²) in [5.41, 5.74) is 0.455. The number of ether oxygens (including phenoxy) is 1. The van der Waals surface area contributed by atoms with Crippen molar-refractivity contribution in [1.29, 1.82) is 0 Å². The zero-order chi connectivity index (χ0) is 17.1.